The Kier molecular flexibility index (Phi) is 4.62. The van der Waals surface area contributed by atoms with Gasteiger partial charge in [-0.1, -0.05) is 11.3 Å². The van der Waals surface area contributed by atoms with E-state index in [4.69, 9.17) is 5.11 Å². The molecule has 114 valence electrons. The fourth-order valence-electron chi connectivity index (χ4n) is 2.50. The van der Waals surface area contributed by atoms with Crippen molar-refractivity contribution in [1.29, 1.82) is 0 Å². The first-order chi connectivity index (χ1) is 9.95. The molecule has 0 radical (unpaired) electrons. The minimum Gasteiger partial charge on any atom is -0.481 e. The number of carboxylic acid groups (broad SMARTS) is 1. The van der Waals surface area contributed by atoms with Gasteiger partial charge in [-0.25, -0.2) is 0 Å². The summed E-state index contributed by atoms with van der Waals surface area (Å²) in [6.45, 7) is 7.14. The van der Waals surface area contributed by atoms with Crippen molar-refractivity contribution in [3.8, 4) is 11.3 Å². The first kappa shape index (κ1) is 15.5. The molecule has 7 heteroatoms. The summed E-state index contributed by atoms with van der Waals surface area (Å²) in [6, 6.07) is 0. The molecular weight excluding hydrogens is 290 g/mol. The third kappa shape index (κ3) is 3.07. The van der Waals surface area contributed by atoms with Crippen LogP contribution in [0.5, 0.6) is 0 Å². The molecule has 0 bridgehead atoms. The van der Waals surface area contributed by atoms with Crippen LogP contribution in [0.25, 0.3) is 11.3 Å². The van der Waals surface area contributed by atoms with E-state index in [9.17, 15) is 9.59 Å². The molecule has 0 atom stereocenters. The molecule has 1 N–H and O–H groups in total. The molecule has 0 saturated heterocycles. The van der Waals surface area contributed by atoms with E-state index in [0.29, 0.717) is 13.0 Å². The lowest BCUT2D eigenvalue weighted by molar-refractivity contribution is -0.137. The number of aryl methyl sites for hydroxylation is 2. The van der Waals surface area contributed by atoms with Gasteiger partial charge in [-0.3, -0.25) is 18.8 Å². The lowest BCUT2D eigenvalue weighted by Gasteiger charge is -2.08. The average Bonchev–Trinajstić information content (AvgIpc) is 2.90. The summed E-state index contributed by atoms with van der Waals surface area (Å²) in [4.78, 5) is 22.6. The number of nitrogens with zero attached hydrogens (tertiary/aromatic N) is 3. The average molecular weight is 309 g/mol. The minimum absolute atomic E-state index is 0.0570. The van der Waals surface area contributed by atoms with Crippen LogP contribution in [-0.4, -0.2) is 25.4 Å². The largest absolute Gasteiger partial charge is 0.481 e. The van der Waals surface area contributed by atoms with Crippen molar-refractivity contribution in [1.82, 2.24) is 14.3 Å². The number of hydrogen-bond acceptors (Lipinski definition) is 4. The summed E-state index contributed by atoms with van der Waals surface area (Å²) in [7, 11) is 0. The van der Waals surface area contributed by atoms with Crippen LogP contribution in [0.2, 0.25) is 0 Å². The van der Waals surface area contributed by atoms with Crippen molar-refractivity contribution in [3.05, 3.63) is 26.4 Å². The van der Waals surface area contributed by atoms with Gasteiger partial charge in [0.1, 0.15) is 0 Å². The van der Waals surface area contributed by atoms with Crippen molar-refractivity contribution in [2.24, 2.45) is 0 Å². The summed E-state index contributed by atoms with van der Waals surface area (Å²) < 4.78 is 3.57. The Morgan fingerprint density at radius 2 is 2.14 bits per heavy atom. The Morgan fingerprint density at radius 1 is 1.43 bits per heavy atom. The Hall–Kier alpha value is -1.89. The predicted octanol–water partition coefficient (Wildman–Crippen LogP) is 2.27. The van der Waals surface area contributed by atoms with Crippen LogP contribution < -0.4 is 4.87 Å². The van der Waals surface area contributed by atoms with Gasteiger partial charge in [0.25, 0.3) is 0 Å². The highest BCUT2D eigenvalue weighted by molar-refractivity contribution is 7.07. The third-order valence-corrected chi connectivity index (χ3v) is 4.26. The van der Waals surface area contributed by atoms with E-state index in [1.165, 1.54) is 0 Å². The van der Waals surface area contributed by atoms with Crippen molar-refractivity contribution in [2.75, 3.05) is 0 Å². The van der Waals surface area contributed by atoms with Gasteiger partial charge >= 0.3 is 10.8 Å². The quantitative estimate of drug-likeness (QED) is 0.888. The number of rotatable bonds is 6. The van der Waals surface area contributed by atoms with Crippen molar-refractivity contribution < 1.29 is 9.90 Å². The molecule has 0 amide bonds. The topological polar surface area (TPSA) is 77.1 Å². The molecule has 0 saturated carbocycles. The van der Waals surface area contributed by atoms with Gasteiger partial charge < -0.3 is 5.11 Å². The monoisotopic (exact) mass is 309 g/mol. The fraction of sp³-hybridized carbons (Fsp3) is 0.500. The van der Waals surface area contributed by atoms with E-state index in [2.05, 4.69) is 5.10 Å². The molecule has 2 aromatic heterocycles. The summed E-state index contributed by atoms with van der Waals surface area (Å²) >= 11 is 1.14. The highest BCUT2D eigenvalue weighted by atomic mass is 32.1. The summed E-state index contributed by atoms with van der Waals surface area (Å²) in [6.07, 6.45) is 0.507. The molecule has 0 fully saturated rings. The molecular formula is C14H19N3O3S. The molecule has 0 aliphatic carbocycles. The molecule has 0 unspecified atom stereocenters. The van der Waals surface area contributed by atoms with Gasteiger partial charge in [-0.05, 0) is 27.2 Å². The highest BCUT2D eigenvalue weighted by Crippen LogP contribution is 2.27. The zero-order valence-corrected chi connectivity index (χ0v) is 13.2. The van der Waals surface area contributed by atoms with Crippen LogP contribution in [0.1, 0.15) is 31.2 Å². The van der Waals surface area contributed by atoms with E-state index < -0.39 is 5.97 Å². The van der Waals surface area contributed by atoms with Crippen LogP contribution in [0, 0.1) is 13.8 Å². The van der Waals surface area contributed by atoms with Crippen molar-refractivity contribution >= 4 is 17.3 Å². The summed E-state index contributed by atoms with van der Waals surface area (Å²) in [5, 5.41) is 15.0. The SMILES string of the molecule is CCn1nc(C)c(-c2csc(=O)n2CCCC(=O)O)c1C. The van der Waals surface area contributed by atoms with Crippen molar-refractivity contribution in [2.45, 2.75) is 46.7 Å². The Morgan fingerprint density at radius 3 is 2.71 bits per heavy atom. The van der Waals surface area contributed by atoms with Crippen LogP contribution in [0.15, 0.2) is 10.2 Å². The molecule has 0 aromatic carbocycles. The van der Waals surface area contributed by atoms with Gasteiger partial charge in [0.05, 0.1) is 11.4 Å². The molecule has 0 aliphatic heterocycles. The predicted molar refractivity (Wildman–Crippen MR) is 81.8 cm³/mol. The van der Waals surface area contributed by atoms with E-state index in [1.807, 2.05) is 30.8 Å². The van der Waals surface area contributed by atoms with E-state index in [0.717, 1.165) is 40.5 Å². The van der Waals surface area contributed by atoms with Gasteiger partial charge in [0, 0.05) is 36.1 Å². The first-order valence-corrected chi connectivity index (χ1v) is 7.78. The summed E-state index contributed by atoms with van der Waals surface area (Å²) in [5.74, 6) is -0.842. The number of thiazole rings is 1. The lowest BCUT2D eigenvalue weighted by Crippen LogP contribution is -2.15. The van der Waals surface area contributed by atoms with E-state index >= 15 is 0 Å². The molecule has 6 nitrogen and oxygen atoms in total. The standard InChI is InChI=1S/C14H19N3O3S/c1-4-17-10(3)13(9(2)15-17)11-8-21-14(20)16(11)7-5-6-12(18)19/h8H,4-7H2,1-3H3,(H,18,19). The maximum absolute atomic E-state index is 12.0. The number of aliphatic carboxylic acids is 1. The molecule has 2 aromatic rings. The number of carbonyl (C=O) groups is 1. The molecule has 2 rings (SSSR count). The van der Waals surface area contributed by atoms with E-state index in [1.54, 1.807) is 4.57 Å². The van der Waals surface area contributed by atoms with Gasteiger partial charge in [-0.15, -0.1) is 0 Å². The molecule has 0 spiro atoms. The second-order valence-corrected chi connectivity index (χ2v) is 5.72. The van der Waals surface area contributed by atoms with Crippen LogP contribution in [0.3, 0.4) is 0 Å². The maximum atomic E-state index is 12.0. The van der Waals surface area contributed by atoms with Crippen LogP contribution >= 0.6 is 11.3 Å². The highest BCUT2D eigenvalue weighted by Gasteiger charge is 2.18. The second-order valence-electron chi connectivity index (χ2n) is 4.90. The Labute approximate surface area is 126 Å². The van der Waals surface area contributed by atoms with Gasteiger partial charge in [-0.2, -0.15) is 5.10 Å². The fourth-order valence-corrected chi connectivity index (χ4v) is 3.28. The lowest BCUT2D eigenvalue weighted by atomic mass is 10.1. The van der Waals surface area contributed by atoms with Gasteiger partial charge in [0.15, 0.2) is 0 Å². The molecule has 21 heavy (non-hydrogen) atoms. The number of aromatic nitrogens is 3. The summed E-state index contributed by atoms with van der Waals surface area (Å²) in [5.41, 5.74) is 3.73. The smallest absolute Gasteiger partial charge is 0.307 e. The minimum atomic E-state index is -0.842. The normalized spacial score (nSPS) is 11.0. The van der Waals surface area contributed by atoms with Crippen LogP contribution in [0.4, 0.5) is 0 Å². The molecule has 0 aliphatic rings. The Bertz CT molecular complexity index is 712. The number of hydrogen-bond donors (Lipinski definition) is 1. The number of carboxylic acids is 1. The molecule has 2 heterocycles. The van der Waals surface area contributed by atoms with Crippen LogP contribution in [-0.2, 0) is 17.9 Å². The zero-order chi connectivity index (χ0) is 15.6. The third-order valence-electron chi connectivity index (χ3n) is 3.49. The first-order valence-electron chi connectivity index (χ1n) is 6.90. The maximum Gasteiger partial charge on any atom is 0.307 e. The Balaban J connectivity index is 2.39. The second kappa shape index (κ2) is 6.26. The van der Waals surface area contributed by atoms with E-state index in [-0.39, 0.29) is 11.3 Å². The zero-order valence-electron chi connectivity index (χ0n) is 12.4. The van der Waals surface area contributed by atoms with Crippen molar-refractivity contribution in [3.63, 3.8) is 0 Å². The van der Waals surface area contributed by atoms with Gasteiger partial charge in [0.2, 0.25) is 0 Å².